The molecule has 0 atom stereocenters. The van der Waals surface area contributed by atoms with E-state index in [1.54, 1.807) is 44.2 Å². The van der Waals surface area contributed by atoms with Gasteiger partial charge in [-0.15, -0.1) is 0 Å². The minimum Gasteiger partial charge on any atom is -0.508 e. The number of rotatable bonds is 9. The molecule has 7 nitrogen and oxygen atoms in total. The summed E-state index contributed by atoms with van der Waals surface area (Å²) in [5.74, 6) is -1.23. The molecule has 0 aliphatic carbocycles. The lowest BCUT2D eigenvalue weighted by Gasteiger charge is -2.07. The zero-order valence-electron chi connectivity index (χ0n) is 18.2. The molecule has 0 amide bonds. The van der Waals surface area contributed by atoms with Gasteiger partial charge in [-0.1, -0.05) is 24.3 Å². The number of phenolic OH excluding ortho intramolecular Hbond substituents is 2. The highest BCUT2D eigenvalue weighted by Crippen LogP contribution is 2.27. The number of esters is 1. The molecule has 7 heteroatoms. The van der Waals surface area contributed by atoms with Crippen LogP contribution >= 0.6 is 0 Å². The van der Waals surface area contributed by atoms with Gasteiger partial charge in [0.25, 0.3) is 0 Å². The molecule has 32 heavy (non-hydrogen) atoms. The smallest absolute Gasteiger partial charge is 0.310 e. The number of aliphatic hydroxyl groups excluding tert-OH is 1. The van der Waals surface area contributed by atoms with Gasteiger partial charge < -0.3 is 24.8 Å². The fourth-order valence-electron chi connectivity index (χ4n) is 2.79. The van der Waals surface area contributed by atoms with E-state index in [-0.39, 0.29) is 35.2 Å². The van der Waals surface area contributed by atoms with E-state index < -0.39 is 18.2 Å². The Labute approximate surface area is 186 Å². The van der Waals surface area contributed by atoms with E-state index in [1.807, 2.05) is 0 Å². The molecule has 3 N–H and O–H groups in total. The van der Waals surface area contributed by atoms with Crippen molar-refractivity contribution in [3.63, 3.8) is 0 Å². The highest BCUT2D eigenvalue weighted by atomic mass is 16.5. The predicted octanol–water partition coefficient (Wildman–Crippen LogP) is 4.48. The molecule has 0 radical (unpaired) electrons. The van der Waals surface area contributed by atoms with Crippen LogP contribution in [0.3, 0.4) is 0 Å². The summed E-state index contributed by atoms with van der Waals surface area (Å²) in [7, 11) is 1.41. The number of aryl methyl sites for hydroxylation is 1. The molecule has 0 aliphatic heterocycles. The van der Waals surface area contributed by atoms with Crippen LogP contribution in [0, 0.1) is 6.92 Å². The third kappa shape index (κ3) is 6.77. The highest BCUT2D eigenvalue weighted by Gasteiger charge is 2.17. The predicted molar refractivity (Wildman–Crippen MR) is 121 cm³/mol. The molecule has 0 fully saturated rings. The first kappa shape index (κ1) is 24.3. The quantitative estimate of drug-likeness (QED) is 0.229. The molecule has 0 aliphatic rings. The van der Waals surface area contributed by atoms with Crippen molar-refractivity contribution in [2.24, 2.45) is 0 Å². The Kier molecular flexibility index (Phi) is 8.65. The van der Waals surface area contributed by atoms with Gasteiger partial charge >= 0.3 is 5.97 Å². The Bertz CT molecular complexity index is 1080. The number of hydrogen-bond donors (Lipinski definition) is 3. The number of aromatic hydroxyl groups is 2. The van der Waals surface area contributed by atoms with Crippen LogP contribution in [0.1, 0.15) is 30.0 Å². The van der Waals surface area contributed by atoms with Gasteiger partial charge in [0.2, 0.25) is 0 Å². The molecule has 0 aromatic heterocycles. The molecule has 168 valence electrons. The first-order valence-electron chi connectivity index (χ1n) is 9.90. The minimum atomic E-state index is -0.643. The van der Waals surface area contributed by atoms with Crippen molar-refractivity contribution in [3.8, 4) is 17.2 Å². The van der Waals surface area contributed by atoms with Gasteiger partial charge in [-0.25, -0.2) is 0 Å². The molecule has 0 bridgehead atoms. The summed E-state index contributed by atoms with van der Waals surface area (Å²) in [4.78, 5) is 24.7. The average molecular weight is 438 g/mol. The van der Waals surface area contributed by atoms with Crippen molar-refractivity contribution in [2.45, 2.75) is 20.3 Å². The lowest BCUT2D eigenvalue weighted by molar-refractivity contribution is -0.142. The molecule has 0 saturated heterocycles. The van der Waals surface area contributed by atoms with Crippen LogP contribution in [0.2, 0.25) is 0 Å². The normalized spacial score (nSPS) is 12.1. The first-order valence-corrected chi connectivity index (χ1v) is 9.90. The van der Waals surface area contributed by atoms with Gasteiger partial charge in [-0.2, -0.15) is 0 Å². The number of phenols is 2. The van der Waals surface area contributed by atoms with Crippen molar-refractivity contribution in [3.05, 3.63) is 76.6 Å². The number of carbonyl (C=O) groups excluding carboxylic acids is 2. The molecular weight excluding hydrogens is 412 g/mol. The molecular formula is C25H26O7. The lowest BCUT2D eigenvalue weighted by Crippen LogP contribution is -2.11. The number of aliphatic hydroxyl groups is 1. The molecule has 0 spiro atoms. The van der Waals surface area contributed by atoms with Crippen molar-refractivity contribution in [2.75, 3.05) is 13.7 Å². The molecule has 0 saturated carbocycles. The first-order chi connectivity index (χ1) is 15.2. The fraction of sp³-hybridized carbons (Fsp3) is 0.200. The van der Waals surface area contributed by atoms with Crippen LogP contribution in [0.5, 0.6) is 17.2 Å². The number of carbonyl (C=O) groups is 2. The van der Waals surface area contributed by atoms with Gasteiger partial charge in [0.05, 0.1) is 25.7 Å². The maximum absolute atomic E-state index is 12.8. The monoisotopic (exact) mass is 438 g/mol. The summed E-state index contributed by atoms with van der Waals surface area (Å²) in [5, 5.41) is 29.8. The Morgan fingerprint density at radius 3 is 2.22 bits per heavy atom. The van der Waals surface area contributed by atoms with E-state index >= 15 is 0 Å². The van der Waals surface area contributed by atoms with Crippen LogP contribution in [0.15, 0.2) is 59.9 Å². The third-order valence-electron chi connectivity index (χ3n) is 4.52. The van der Waals surface area contributed by atoms with Crippen molar-refractivity contribution >= 4 is 23.9 Å². The SMILES string of the molecule is CCOC(=O)CC(C(=O)/C=C/c1ccc(O)c(OC)c1)=C(O)/C=C/c1ccc(O)c(C)c1. The summed E-state index contributed by atoms with van der Waals surface area (Å²) >= 11 is 0. The number of allylic oxidation sites excluding steroid dienone is 2. The van der Waals surface area contributed by atoms with E-state index in [0.717, 1.165) is 0 Å². The summed E-state index contributed by atoms with van der Waals surface area (Å²) in [6.45, 7) is 3.53. The second-order valence-electron chi connectivity index (χ2n) is 6.85. The zero-order valence-corrected chi connectivity index (χ0v) is 18.2. The standard InChI is InChI=1S/C25H26O7/c1-4-32-25(30)15-19(21(27)10-6-17-5-9-20(26)16(2)13-17)22(28)11-7-18-8-12-23(29)24(14-18)31-3/h5-14,26-27,29H,4,15H2,1-3H3/b10-6+,11-7+,21-19?. The van der Waals surface area contributed by atoms with Crippen LogP contribution < -0.4 is 4.74 Å². The Morgan fingerprint density at radius 2 is 1.59 bits per heavy atom. The van der Waals surface area contributed by atoms with Gasteiger partial charge in [0, 0.05) is 0 Å². The second-order valence-corrected chi connectivity index (χ2v) is 6.85. The number of benzene rings is 2. The lowest BCUT2D eigenvalue weighted by atomic mass is 10.0. The summed E-state index contributed by atoms with van der Waals surface area (Å²) in [6, 6.07) is 9.44. The Hall–Kier alpha value is -4.00. The highest BCUT2D eigenvalue weighted by molar-refractivity contribution is 6.09. The Morgan fingerprint density at radius 1 is 0.969 bits per heavy atom. The van der Waals surface area contributed by atoms with Gasteiger partial charge in [0.15, 0.2) is 17.3 Å². The second kappa shape index (κ2) is 11.4. The molecule has 0 unspecified atom stereocenters. The van der Waals surface area contributed by atoms with E-state index in [1.165, 1.54) is 37.5 Å². The minimum absolute atomic E-state index is 0.0360. The van der Waals surface area contributed by atoms with Gasteiger partial charge in [0.1, 0.15) is 11.5 Å². The number of methoxy groups -OCH3 is 1. The van der Waals surface area contributed by atoms with Crippen LogP contribution in [-0.4, -0.2) is 40.8 Å². The maximum atomic E-state index is 12.8. The zero-order chi connectivity index (χ0) is 23.7. The number of hydrogen-bond acceptors (Lipinski definition) is 7. The van der Waals surface area contributed by atoms with E-state index in [0.29, 0.717) is 16.7 Å². The fourth-order valence-corrected chi connectivity index (χ4v) is 2.79. The topological polar surface area (TPSA) is 113 Å². The largest absolute Gasteiger partial charge is 0.508 e. The van der Waals surface area contributed by atoms with E-state index in [9.17, 15) is 24.9 Å². The third-order valence-corrected chi connectivity index (χ3v) is 4.52. The van der Waals surface area contributed by atoms with Crippen molar-refractivity contribution in [1.29, 1.82) is 0 Å². The average Bonchev–Trinajstić information content (AvgIpc) is 2.77. The summed E-state index contributed by atoms with van der Waals surface area (Å²) in [6.07, 6.45) is 5.18. The Balaban J connectivity index is 2.33. The molecule has 2 aromatic carbocycles. The van der Waals surface area contributed by atoms with Crippen molar-refractivity contribution < 1.29 is 34.4 Å². The van der Waals surface area contributed by atoms with Crippen molar-refractivity contribution in [1.82, 2.24) is 0 Å². The number of ketones is 1. The van der Waals surface area contributed by atoms with Gasteiger partial charge in [-0.3, -0.25) is 9.59 Å². The van der Waals surface area contributed by atoms with Gasteiger partial charge in [-0.05, 0) is 67.0 Å². The molecule has 2 rings (SSSR count). The maximum Gasteiger partial charge on any atom is 0.310 e. The van der Waals surface area contributed by atoms with E-state index in [4.69, 9.17) is 9.47 Å². The molecule has 0 heterocycles. The van der Waals surface area contributed by atoms with Crippen LogP contribution in [0.25, 0.3) is 12.2 Å². The number of ether oxygens (including phenoxy) is 2. The molecule has 2 aromatic rings. The van der Waals surface area contributed by atoms with E-state index in [2.05, 4.69) is 0 Å². The van der Waals surface area contributed by atoms with Crippen LogP contribution in [-0.2, 0) is 14.3 Å². The summed E-state index contributed by atoms with van der Waals surface area (Å²) in [5.41, 5.74) is 1.81. The summed E-state index contributed by atoms with van der Waals surface area (Å²) < 4.78 is 9.96. The van der Waals surface area contributed by atoms with Crippen LogP contribution in [0.4, 0.5) is 0 Å².